The lowest BCUT2D eigenvalue weighted by atomic mass is 10.2. The highest BCUT2D eigenvalue weighted by Crippen LogP contribution is 2.20. The topological polar surface area (TPSA) is 52.7 Å². The minimum absolute atomic E-state index is 0.0561. The first-order chi connectivity index (χ1) is 11.4. The zero-order valence-corrected chi connectivity index (χ0v) is 14.7. The van der Waals surface area contributed by atoms with E-state index in [4.69, 9.17) is 11.6 Å². The van der Waals surface area contributed by atoms with Crippen LogP contribution < -0.4 is 10.2 Å². The molecule has 0 unspecified atom stereocenters. The molecule has 0 saturated carbocycles. The average Bonchev–Trinajstić information content (AvgIpc) is 2.56. The molecule has 0 fully saturated rings. The molecule has 2 rings (SSSR count). The summed E-state index contributed by atoms with van der Waals surface area (Å²) in [7, 11) is 5.46. The van der Waals surface area contributed by atoms with Gasteiger partial charge >= 0.3 is 0 Å². The quantitative estimate of drug-likeness (QED) is 0.905. The summed E-state index contributed by atoms with van der Waals surface area (Å²) in [6, 6.07) is 14.2. The number of carbonyl (C=O) groups excluding carboxylic acids is 2. The van der Waals surface area contributed by atoms with E-state index in [-0.39, 0.29) is 18.4 Å². The molecule has 0 aliphatic rings. The van der Waals surface area contributed by atoms with Gasteiger partial charge in [-0.1, -0.05) is 23.7 Å². The molecule has 1 N–H and O–H groups in total. The van der Waals surface area contributed by atoms with Gasteiger partial charge in [-0.15, -0.1) is 0 Å². The summed E-state index contributed by atoms with van der Waals surface area (Å²) in [5.74, 6) is -0.515. The van der Waals surface area contributed by atoms with Crippen LogP contribution in [-0.2, 0) is 4.79 Å². The normalized spacial score (nSPS) is 10.2. The van der Waals surface area contributed by atoms with Crippen LogP contribution in [0.3, 0.4) is 0 Å². The molecule has 2 aromatic rings. The summed E-state index contributed by atoms with van der Waals surface area (Å²) in [6.07, 6.45) is 0. The largest absolute Gasteiger partial charge is 0.378 e. The summed E-state index contributed by atoms with van der Waals surface area (Å²) in [5.41, 5.74) is 2.07. The third-order valence-electron chi connectivity index (χ3n) is 3.51. The van der Waals surface area contributed by atoms with Gasteiger partial charge in [0.05, 0.1) is 17.3 Å². The summed E-state index contributed by atoms with van der Waals surface area (Å²) in [5, 5.41) is 3.16. The van der Waals surface area contributed by atoms with E-state index in [0.29, 0.717) is 16.3 Å². The van der Waals surface area contributed by atoms with Crippen molar-refractivity contribution in [3.8, 4) is 0 Å². The second-order valence-corrected chi connectivity index (χ2v) is 6.04. The summed E-state index contributed by atoms with van der Waals surface area (Å²) in [6.45, 7) is -0.0561. The molecule has 0 aliphatic heterocycles. The van der Waals surface area contributed by atoms with E-state index in [1.165, 1.54) is 4.90 Å². The molecule has 0 aliphatic carbocycles. The van der Waals surface area contributed by atoms with Gasteiger partial charge in [-0.3, -0.25) is 9.59 Å². The number of carbonyl (C=O) groups is 2. The lowest BCUT2D eigenvalue weighted by Gasteiger charge is -2.18. The van der Waals surface area contributed by atoms with Gasteiger partial charge < -0.3 is 15.1 Å². The molecule has 24 heavy (non-hydrogen) atoms. The Balaban J connectivity index is 1.98. The van der Waals surface area contributed by atoms with Crippen LogP contribution in [0.2, 0.25) is 5.02 Å². The number of likely N-dealkylation sites (N-methyl/N-ethyl adjacent to an activating group) is 1. The smallest absolute Gasteiger partial charge is 0.254 e. The first kappa shape index (κ1) is 17.8. The fourth-order valence-electron chi connectivity index (χ4n) is 2.16. The predicted molar refractivity (Wildman–Crippen MR) is 97.8 cm³/mol. The number of para-hydroxylation sites is 1. The lowest BCUT2D eigenvalue weighted by molar-refractivity contribution is -0.116. The molecule has 6 heteroatoms. The predicted octanol–water partition coefficient (Wildman–Crippen LogP) is 3.12. The van der Waals surface area contributed by atoms with Crippen molar-refractivity contribution < 1.29 is 9.59 Å². The second-order valence-electron chi connectivity index (χ2n) is 5.63. The third-order valence-corrected chi connectivity index (χ3v) is 3.84. The van der Waals surface area contributed by atoms with Crippen LogP contribution in [0.4, 0.5) is 11.4 Å². The molecule has 126 valence electrons. The van der Waals surface area contributed by atoms with Crippen LogP contribution in [0.1, 0.15) is 10.4 Å². The molecule has 0 aromatic heterocycles. The van der Waals surface area contributed by atoms with Crippen LogP contribution in [0, 0.1) is 0 Å². The van der Waals surface area contributed by atoms with Gasteiger partial charge in [0.15, 0.2) is 0 Å². The van der Waals surface area contributed by atoms with Gasteiger partial charge in [0, 0.05) is 32.4 Å². The zero-order chi connectivity index (χ0) is 17.7. The molecule has 0 bridgehead atoms. The molecular formula is C18H20ClN3O2. The molecule has 0 heterocycles. The molecule has 0 radical (unpaired) electrons. The van der Waals surface area contributed by atoms with Crippen molar-refractivity contribution in [1.82, 2.24) is 4.90 Å². The maximum atomic E-state index is 12.4. The Labute approximate surface area is 146 Å². The summed E-state index contributed by atoms with van der Waals surface area (Å²) < 4.78 is 0. The third kappa shape index (κ3) is 4.49. The molecule has 0 spiro atoms. The van der Waals surface area contributed by atoms with Crippen molar-refractivity contribution in [2.75, 3.05) is 37.9 Å². The van der Waals surface area contributed by atoms with E-state index in [1.54, 1.807) is 43.4 Å². The Bertz CT molecular complexity index is 729. The number of rotatable bonds is 5. The average molecular weight is 346 g/mol. The Kier molecular flexibility index (Phi) is 5.82. The fourth-order valence-corrected chi connectivity index (χ4v) is 2.35. The van der Waals surface area contributed by atoms with Crippen LogP contribution in [0.15, 0.2) is 48.5 Å². The molecule has 2 aromatic carbocycles. The fraction of sp³-hybridized carbons (Fsp3) is 0.222. The number of benzene rings is 2. The highest BCUT2D eigenvalue weighted by atomic mass is 35.5. The Morgan fingerprint density at radius 2 is 1.62 bits per heavy atom. The number of nitrogens with zero attached hydrogens (tertiary/aromatic N) is 2. The van der Waals surface area contributed by atoms with Gasteiger partial charge in [-0.2, -0.15) is 0 Å². The van der Waals surface area contributed by atoms with Crippen LogP contribution in [0.5, 0.6) is 0 Å². The first-order valence-corrected chi connectivity index (χ1v) is 7.83. The first-order valence-electron chi connectivity index (χ1n) is 7.45. The van der Waals surface area contributed by atoms with Gasteiger partial charge in [0.1, 0.15) is 0 Å². The maximum absolute atomic E-state index is 12.4. The lowest BCUT2D eigenvalue weighted by Crippen LogP contribution is -2.35. The Morgan fingerprint density at radius 3 is 2.21 bits per heavy atom. The number of anilines is 2. The van der Waals surface area contributed by atoms with Crippen molar-refractivity contribution in [3.63, 3.8) is 0 Å². The number of hydrogen-bond acceptors (Lipinski definition) is 3. The van der Waals surface area contributed by atoms with Crippen LogP contribution in [0.25, 0.3) is 0 Å². The Hall–Kier alpha value is -2.53. The zero-order valence-electron chi connectivity index (χ0n) is 13.9. The van der Waals surface area contributed by atoms with E-state index in [1.807, 2.05) is 31.1 Å². The Morgan fingerprint density at radius 1 is 1.00 bits per heavy atom. The van der Waals surface area contributed by atoms with Crippen molar-refractivity contribution in [1.29, 1.82) is 0 Å². The molecule has 0 saturated heterocycles. The molecule has 2 amide bonds. The van der Waals surface area contributed by atoms with Crippen molar-refractivity contribution in [2.45, 2.75) is 0 Å². The monoisotopic (exact) mass is 345 g/mol. The SMILES string of the molecule is CN(CC(=O)Nc1ccccc1Cl)C(=O)c1ccc(N(C)C)cc1. The molecular weight excluding hydrogens is 326 g/mol. The standard InChI is InChI=1S/C18H20ClN3O2/c1-21(2)14-10-8-13(9-11-14)18(24)22(3)12-17(23)20-16-7-5-4-6-15(16)19/h4-11H,12H2,1-3H3,(H,20,23). The van der Waals surface area contributed by atoms with Crippen LogP contribution in [-0.4, -0.2) is 44.4 Å². The minimum atomic E-state index is -0.302. The number of hydrogen-bond donors (Lipinski definition) is 1. The van der Waals surface area contributed by atoms with Gasteiger partial charge in [0.25, 0.3) is 5.91 Å². The van der Waals surface area contributed by atoms with E-state index in [0.717, 1.165) is 5.69 Å². The highest BCUT2D eigenvalue weighted by molar-refractivity contribution is 6.33. The van der Waals surface area contributed by atoms with Crippen molar-refractivity contribution in [2.24, 2.45) is 0 Å². The highest BCUT2D eigenvalue weighted by Gasteiger charge is 2.15. The van der Waals surface area contributed by atoms with E-state index in [2.05, 4.69) is 5.32 Å². The summed E-state index contributed by atoms with van der Waals surface area (Å²) in [4.78, 5) is 27.8. The van der Waals surface area contributed by atoms with Crippen LogP contribution >= 0.6 is 11.6 Å². The minimum Gasteiger partial charge on any atom is -0.378 e. The van der Waals surface area contributed by atoms with Gasteiger partial charge in [0.2, 0.25) is 5.91 Å². The van der Waals surface area contributed by atoms with Gasteiger partial charge in [-0.25, -0.2) is 0 Å². The summed E-state index contributed by atoms with van der Waals surface area (Å²) >= 11 is 6.00. The molecule has 0 atom stereocenters. The van der Waals surface area contributed by atoms with Crippen molar-refractivity contribution >= 4 is 34.8 Å². The van der Waals surface area contributed by atoms with E-state index < -0.39 is 0 Å². The maximum Gasteiger partial charge on any atom is 0.254 e. The second kappa shape index (κ2) is 7.84. The number of halogens is 1. The van der Waals surface area contributed by atoms with Crippen molar-refractivity contribution in [3.05, 3.63) is 59.1 Å². The van der Waals surface area contributed by atoms with E-state index >= 15 is 0 Å². The number of nitrogens with one attached hydrogen (secondary N) is 1. The number of amides is 2. The van der Waals surface area contributed by atoms with E-state index in [9.17, 15) is 9.59 Å². The molecule has 5 nitrogen and oxygen atoms in total. The van der Waals surface area contributed by atoms with Gasteiger partial charge in [-0.05, 0) is 36.4 Å².